The normalized spacial score (nSPS) is 20.9. The summed E-state index contributed by atoms with van der Waals surface area (Å²) in [5.74, 6) is 0. The van der Waals surface area contributed by atoms with Gasteiger partial charge in [0.25, 0.3) is 0 Å². The summed E-state index contributed by atoms with van der Waals surface area (Å²) in [6.07, 6.45) is 4.00. The zero-order valence-electron chi connectivity index (χ0n) is 7.99. The van der Waals surface area contributed by atoms with Gasteiger partial charge in [-0.1, -0.05) is 0 Å². The van der Waals surface area contributed by atoms with E-state index in [1.54, 1.807) is 11.3 Å². The van der Waals surface area contributed by atoms with E-state index < -0.39 is 0 Å². The highest BCUT2D eigenvalue weighted by Crippen LogP contribution is 2.15. The van der Waals surface area contributed by atoms with Crippen LogP contribution in [0.1, 0.15) is 23.5 Å². The van der Waals surface area contributed by atoms with Crippen molar-refractivity contribution in [2.24, 2.45) is 0 Å². The van der Waals surface area contributed by atoms with E-state index in [0.717, 1.165) is 23.7 Å². The second kappa shape index (κ2) is 4.54. The summed E-state index contributed by atoms with van der Waals surface area (Å²) >= 11 is 1.60. The Hall–Kier alpha value is -0.920. The van der Waals surface area contributed by atoms with Crippen molar-refractivity contribution in [3.8, 4) is 6.07 Å². The number of hydrogen-bond donors (Lipinski definition) is 1. The lowest BCUT2D eigenvalue weighted by Gasteiger charge is -2.06. The number of nitrogens with zero attached hydrogens (tertiary/aromatic N) is 2. The highest BCUT2D eigenvalue weighted by Gasteiger charge is 2.15. The molecule has 0 bridgehead atoms. The zero-order valence-corrected chi connectivity index (χ0v) is 8.81. The minimum Gasteiger partial charge on any atom is -0.314 e. The maximum atomic E-state index is 8.52. The number of aromatic nitrogens is 1. The molecule has 1 fully saturated rings. The van der Waals surface area contributed by atoms with Crippen molar-refractivity contribution in [2.45, 2.75) is 31.7 Å². The van der Waals surface area contributed by atoms with Crippen LogP contribution in [0, 0.1) is 11.3 Å². The average Bonchev–Trinajstić information content (AvgIpc) is 2.79. The van der Waals surface area contributed by atoms with Crippen LogP contribution in [-0.4, -0.2) is 17.6 Å². The van der Waals surface area contributed by atoms with Crippen LogP contribution in [0.15, 0.2) is 5.38 Å². The Morgan fingerprint density at radius 1 is 1.71 bits per heavy atom. The summed E-state index contributed by atoms with van der Waals surface area (Å²) in [4.78, 5) is 4.42. The first kappa shape index (κ1) is 9.63. The Bertz CT molecular complexity index is 333. The maximum Gasteiger partial charge on any atom is 0.107 e. The summed E-state index contributed by atoms with van der Waals surface area (Å²) in [5, 5.41) is 15.0. The molecule has 1 N–H and O–H groups in total. The van der Waals surface area contributed by atoms with E-state index in [2.05, 4.69) is 21.8 Å². The lowest BCUT2D eigenvalue weighted by atomic mass is 10.1. The monoisotopic (exact) mass is 207 g/mol. The Balaban J connectivity index is 1.92. The molecule has 74 valence electrons. The van der Waals surface area contributed by atoms with Crippen molar-refractivity contribution < 1.29 is 0 Å². The van der Waals surface area contributed by atoms with Crippen molar-refractivity contribution in [1.29, 1.82) is 5.26 Å². The van der Waals surface area contributed by atoms with Crippen LogP contribution in [0.5, 0.6) is 0 Å². The van der Waals surface area contributed by atoms with Gasteiger partial charge in [0.1, 0.15) is 5.01 Å². The van der Waals surface area contributed by atoms with Crippen LogP contribution in [-0.2, 0) is 12.8 Å². The number of hydrogen-bond acceptors (Lipinski definition) is 4. The van der Waals surface area contributed by atoms with E-state index in [9.17, 15) is 0 Å². The van der Waals surface area contributed by atoms with Crippen LogP contribution in [0.2, 0.25) is 0 Å². The number of thiazole rings is 1. The van der Waals surface area contributed by atoms with Crippen molar-refractivity contribution >= 4 is 11.3 Å². The second-order valence-electron chi connectivity index (χ2n) is 3.56. The molecule has 0 spiro atoms. The number of nitriles is 1. The van der Waals surface area contributed by atoms with Gasteiger partial charge in [0.05, 0.1) is 18.2 Å². The molecule has 1 aliphatic rings. The largest absolute Gasteiger partial charge is 0.314 e. The fourth-order valence-corrected chi connectivity index (χ4v) is 2.51. The zero-order chi connectivity index (χ0) is 9.80. The van der Waals surface area contributed by atoms with Gasteiger partial charge in [-0.15, -0.1) is 11.3 Å². The standard InChI is InChI=1S/C10H13N3S/c11-4-3-10-13-9(7-14-10)6-8-2-1-5-12-8/h7-8,12H,1-3,5-6H2. The van der Waals surface area contributed by atoms with Crippen molar-refractivity contribution in [3.63, 3.8) is 0 Å². The molecule has 2 heterocycles. The maximum absolute atomic E-state index is 8.52. The molecule has 14 heavy (non-hydrogen) atoms. The quantitative estimate of drug-likeness (QED) is 0.817. The lowest BCUT2D eigenvalue weighted by Crippen LogP contribution is -2.23. The molecule has 0 amide bonds. The van der Waals surface area contributed by atoms with Gasteiger partial charge in [0.15, 0.2) is 0 Å². The Morgan fingerprint density at radius 3 is 3.36 bits per heavy atom. The number of nitrogens with one attached hydrogen (secondary N) is 1. The summed E-state index contributed by atoms with van der Waals surface area (Å²) in [7, 11) is 0. The van der Waals surface area contributed by atoms with Crippen molar-refractivity contribution in [3.05, 3.63) is 16.1 Å². The average molecular weight is 207 g/mol. The predicted molar refractivity (Wildman–Crippen MR) is 56.2 cm³/mol. The molecule has 0 saturated carbocycles. The van der Waals surface area contributed by atoms with E-state index in [4.69, 9.17) is 5.26 Å². The predicted octanol–water partition coefficient (Wildman–Crippen LogP) is 1.50. The van der Waals surface area contributed by atoms with Crippen molar-refractivity contribution in [1.82, 2.24) is 10.3 Å². The Kier molecular flexibility index (Phi) is 3.12. The third-order valence-corrected chi connectivity index (χ3v) is 3.35. The fraction of sp³-hybridized carbons (Fsp3) is 0.600. The molecular weight excluding hydrogens is 194 g/mol. The summed E-state index contributed by atoms with van der Waals surface area (Å²) in [5.41, 5.74) is 1.14. The molecule has 0 radical (unpaired) electrons. The SMILES string of the molecule is N#CCc1nc(CC2CCCN2)cs1. The molecule has 2 rings (SSSR count). The summed E-state index contributed by atoms with van der Waals surface area (Å²) in [6, 6.07) is 2.73. The number of rotatable bonds is 3. The minimum absolute atomic E-state index is 0.447. The summed E-state index contributed by atoms with van der Waals surface area (Å²) in [6.45, 7) is 1.14. The molecule has 0 aromatic carbocycles. The first-order valence-corrected chi connectivity index (χ1v) is 5.80. The van der Waals surface area contributed by atoms with Gasteiger partial charge in [0.2, 0.25) is 0 Å². The van der Waals surface area contributed by atoms with Gasteiger partial charge in [-0.2, -0.15) is 5.26 Å². The Labute approximate surface area is 87.8 Å². The molecule has 1 unspecified atom stereocenters. The molecule has 1 atom stereocenters. The molecule has 1 saturated heterocycles. The van der Waals surface area contributed by atoms with E-state index in [1.165, 1.54) is 12.8 Å². The van der Waals surface area contributed by atoms with Crippen LogP contribution in [0.3, 0.4) is 0 Å². The van der Waals surface area contributed by atoms with E-state index in [0.29, 0.717) is 12.5 Å². The smallest absolute Gasteiger partial charge is 0.107 e. The van der Waals surface area contributed by atoms with E-state index >= 15 is 0 Å². The first-order valence-electron chi connectivity index (χ1n) is 4.92. The third-order valence-electron chi connectivity index (χ3n) is 2.45. The van der Waals surface area contributed by atoms with E-state index in [-0.39, 0.29) is 0 Å². The van der Waals surface area contributed by atoms with Crippen LogP contribution < -0.4 is 5.32 Å². The van der Waals surface area contributed by atoms with Gasteiger partial charge in [0, 0.05) is 17.8 Å². The van der Waals surface area contributed by atoms with E-state index in [1.807, 2.05) is 0 Å². The van der Waals surface area contributed by atoms with Gasteiger partial charge in [-0.05, 0) is 19.4 Å². The molecule has 3 nitrogen and oxygen atoms in total. The summed E-state index contributed by atoms with van der Waals surface area (Å²) < 4.78 is 0. The van der Waals surface area contributed by atoms with Crippen LogP contribution in [0.4, 0.5) is 0 Å². The second-order valence-corrected chi connectivity index (χ2v) is 4.51. The van der Waals surface area contributed by atoms with Gasteiger partial charge in [-0.3, -0.25) is 0 Å². The molecule has 1 aliphatic heterocycles. The lowest BCUT2D eigenvalue weighted by molar-refractivity contribution is 0.596. The topological polar surface area (TPSA) is 48.7 Å². The molecule has 1 aromatic rings. The van der Waals surface area contributed by atoms with Gasteiger partial charge in [-0.25, -0.2) is 4.98 Å². The minimum atomic E-state index is 0.447. The highest BCUT2D eigenvalue weighted by molar-refractivity contribution is 7.09. The van der Waals surface area contributed by atoms with Crippen LogP contribution in [0.25, 0.3) is 0 Å². The molecular formula is C10H13N3S. The van der Waals surface area contributed by atoms with Crippen molar-refractivity contribution in [2.75, 3.05) is 6.54 Å². The highest BCUT2D eigenvalue weighted by atomic mass is 32.1. The van der Waals surface area contributed by atoms with Gasteiger partial charge >= 0.3 is 0 Å². The fourth-order valence-electron chi connectivity index (χ4n) is 1.77. The molecule has 0 aliphatic carbocycles. The first-order chi connectivity index (χ1) is 6.88. The van der Waals surface area contributed by atoms with Gasteiger partial charge < -0.3 is 5.32 Å². The molecule has 4 heteroatoms. The Morgan fingerprint density at radius 2 is 2.64 bits per heavy atom. The van der Waals surface area contributed by atoms with Crippen LogP contribution >= 0.6 is 11.3 Å². The molecule has 1 aromatic heterocycles. The third kappa shape index (κ3) is 2.31.